The summed E-state index contributed by atoms with van der Waals surface area (Å²) >= 11 is 0. The maximum Gasteiger partial charge on any atom is 0.336 e. The Balaban J connectivity index is 0.000000291. The third-order valence-electron chi connectivity index (χ3n) is 21.0. The van der Waals surface area contributed by atoms with Crippen LogP contribution in [0.4, 0.5) is 0 Å². The Bertz CT molecular complexity index is 4010. The van der Waals surface area contributed by atoms with Gasteiger partial charge in [-0.15, -0.1) is 0 Å². The van der Waals surface area contributed by atoms with E-state index in [1.54, 1.807) is 20.8 Å². The topological polar surface area (TPSA) is 257 Å². The number of phenolic OH excluding ortho intramolecular Hbond substituents is 5. The van der Waals surface area contributed by atoms with Gasteiger partial charge in [-0.25, -0.2) is 28.1 Å². The van der Waals surface area contributed by atoms with Crippen molar-refractivity contribution in [1.82, 2.24) is 13.7 Å². The molecule has 0 bridgehead atoms. The van der Waals surface area contributed by atoms with Crippen molar-refractivity contribution < 1.29 is 63.5 Å². The SMILES string of the molecule is Cc1cc(C(C)(C)C)c(O)c(C)c1Cn1c(=O)n(Cc2c(C)cc(C(C)(C)C)c(O)c2C)c(=O)n(Cc2c(C)cc(C(C)(C)C)c(O)c2C)c1=O.Cc1cc(C(C)C(=O)OCC(C)(C)C2OCC3(CO2)COC(C(C)(C)COC(=O)C(C)c2cc(C)c(O)c(C(C)(C)C)c2)OC3)cc(C(C)(C)C)c1O. The Morgan fingerprint density at radius 2 is 0.625 bits per heavy atom. The molecule has 1 spiro atoms. The molecule has 0 aliphatic carbocycles. The number of ether oxygens (including phenoxy) is 6. The van der Waals surface area contributed by atoms with Crippen LogP contribution in [0.25, 0.3) is 0 Å². The highest BCUT2D eigenvalue weighted by Crippen LogP contribution is 2.44. The van der Waals surface area contributed by atoms with E-state index in [4.69, 9.17) is 28.4 Å². The predicted octanol–water partition coefficient (Wildman–Crippen LogP) is 15.3. The number of esters is 2. The maximum absolute atomic E-state index is 14.4. The van der Waals surface area contributed by atoms with E-state index in [0.717, 1.165) is 80.5 Å². The van der Waals surface area contributed by atoms with E-state index in [1.807, 2.05) is 222 Å². The molecule has 3 heterocycles. The Labute approximate surface area is 616 Å². The summed E-state index contributed by atoms with van der Waals surface area (Å²) in [6.07, 6.45) is -1.21. The average molecular weight is 1440 g/mol. The highest BCUT2D eigenvalue weighted by atomic mass is 16.7. The first-order valence-corrected chi connectivity index (χ1v) is 36.4. The zero-order valence-corrected chi connectivity index (χ0v) is 67.8. The zero-order valence-electron chi connectivity index (χ0n) is 67.8. The Morgan fingerprint density at radius 1 is 0.394 bits per heavy atom. The molecule has 5 aromatic carbocycles. The summed E-state index contributed by atoms with van der Waals surface area (Å²) in [7, 11) is 0. The summed E-state index contributed by atoms with van der Waals surface area (Å²) in [6.45, 7) is 57.3. The number of hydrogen-bond acceptors (Lipinski definition) is 16. The monoisotopic (exact) mass is 1440 g/mol. The van der Waals surface area contributed by atoms with E-state index in [9.17, 15) is 49.5 Å². The summed E-state index contributed by atoms with van der Waals surface area (Å²) in [6, 6.07) is 13.1. The molecule has 19 nitrogen and oxygen atoms in total. The number of rotatable bonds is 16. The Kier molecular flexibility index (Phi) is 24.3. The van der Waals surface area contributed by atoms with Crippen LogP contribution in [0.5, 0.6) is 28.7 Å². The van der Waals surface area contributed by atoms with Gasteiger partial charge in [0.2, 0.25) is 0 Å². The molecule has 5 N–H and O–H groups in total. The number of carbonyl (C=O) groups is 2. The molecule has 2 atom stereocenters. The van der Waals surface area contributed by atoms with Crippen LogP contribution in [0, 0.1) is 71.6 Å². The van der Waals surface area contributed by atoms with Crippen molar-refractivity contribution in [3.05, 3.63) is 174 Å². The molecule has 0 radical (unpaired) electrons. The lowest BCUT2D eigenvalue weighted by atomic mass is 9.82. The molecule has 2 saturated heterocycles. The van der Waals surface area contributed by atoms with Crippen LogP contribution in [0.2, 0.25) is 0 Å². The van der Waals surface area contributed by atoms with Crippen molar-refractivity contribution in [2.45, 2.75) is 272 Å². The fourth-order valence-corrected chi connectivity index (χ4v) is 13.7. The summed E-state index contributed by atoms with van der Waals surface area (Å²) in [4.78, 5) is 69.5. The molecular formula is C85H121N3O16. The van der Waals surface area contributed by atoms with Crippen molar-refractivity contribution in [2.75, 3.05) is 39.6 Å². The number of phenols is 5. The molecule has 8 rings (SSSR count). The number of benzene rings is 5. The van der Waals surface area contributed by atoms with E-state index < -0.39 is 57.7 Å². The second-order valence-electron chi connectivity index (χ2n) is 36.4. The molecule has 2 fully saturated rings. The maximum atomic E-state index is 14.4. The first-order chi connectivity index (χ1) is 47.5. The van der Waals surface area contributed by atoms with Gasteiger partial charge in [0.05, 0.1) is 63.3 Å². The van der Waals surface area contributed by atoms with Crippen LogP contribution < -0.4 is 17.1 Å². The van der Waals surface area contributed by atoms with E-state index in [1.165, 1.54) is 0 Å². The Hall–Kier alpha value is -7.71. The molecule has 104 heavy (non-hydrogen) atoms. The van der Waals surface area contributed by atoms with Gasteiger partial charge in [-0.05, 0) is 196 Å². The van der Waals surface area contributed by atoms with E-state index in [2.05, 4.69) is 0 Å². The predicted molar refractivity (Wildman–Crippen MR) is 409 cm³/mol. The lowest BCUT2D eigenvalue weighted by Crippen LogP contribution is -2.57. The minimum absolute atomic E-state index is 0.0989. The molecule has 6 aromatic rings. The smallest absolute Gasteiger partial charge is 0.336 e. The number of hydrogen-bond donors (Lipinski definition) is 5. The van der Waals surface area contributed by atoms with Crippen molar-refractivity contribution in [3.63, 3.8) is 0 Å². The minimum Gasteiger partial charge on any atom is -0.507 e. The molecule has 0 saturated carbocycles. The normalized spacial score (nSPS) is 17.7. The first kappa shape index (κ1) is 83.6. The van der Waals surface area contributed by atoms with Crippen molar-refractivity contribution in [1.29, 1.82) is 0 Å². The number of aromatic nitrogens is 3. The summed E-state index contributed by atoms with van der Waals surface area (Å²) < 4.78 is 39.7. The summed E-state index contributed by atoms with van der Waals surface area (Å²) in [5.41, 5.74) is 7.03. The third-order valence-corrected chi connectivity index (χ3v) is 21.0. The van der Waals surface area contributed by atoms with E-state index >= 15 is 0 Å². The quantitative estimate of drug-likeness (QED) is 0.0565. The van der Waals surface area contributed by atoms with Gasteiger partial charge in [-0.3, -0.25) is 9.59 Å². The number of nitrogens with zero attached hydrogens (tertiary/aromatic N) is 3. The fourth-order valence-electron chi connectivity index (χ4n) is 13.7. The first-order valence-electron chi connectivity index (χ1n) is 36.4. The third kappa shape index (κ3) is 17.9. The number of aromatic hydroxyl groups is 5. The van der Waals surface area contributed by atoms with E-state index in [0.29, 0.717) is 59.8 Å². The number of carbonyl (C=O) groups excluding carboxylic acids is 2. The molecule has 0 amide bonds. The van der Waals surface area contributed by atoms with Gasteiger partial charge in [-0.1, -0.05) is 174 Å². The van der Waals surface area contributed by atoms with Gasteiger partial charge in [-0.2, -0.15) is 0 Å². The summed E-state index contributed by atoms with van der Waals surface area (Å²) in [5.74, 6) is -0.941. The number of aryl methyl sites for hydroxylation is 5. The van der Waals surface area contributed by atoms with Gasteiger partial charge >= 0.3 is 29.0 Å². The van der Waals surface area contributed by atoms with Gasteiger partial charge in [0, 0.05) is 10.8 Å². The minimum atomic E-state index is -0.794. The lowest BCUT2D eigenvalue weighted by molar-refractivity contribution is -0.337. The zero-order chi connectivity index (χ0) is 78.8. The molecular weight excluding hydrogens is 1320 g/mol. The fraction of sp³-hybridized carbons (Fsp3) is 0.588. The standard InChI is InChI=1S/C43H64O10.C42H57N3O6/c1-25-15-29(17-31(33(25)44)39(5,6)7)27(3)35(46)48-19-41(11,12)37-50-21-43(22-51-37)23-52-38(53-24-43)42(13,14)20-49-36(47)28(4)30-16-26(2)34(45)32(18-30)40(8,9)10;1-22-16-31(40(7,8)9)34(46)25(4)28(22)19-43-37(49)44(20-29-23(2)17-32(41(10,11)12)35(47)26(29)5)39(51)45(38(43)50)21-30-24(3)18-33(42(13,14)15)36(48)27(30)6/h15-18,27-28,37-38,44-45H,19-24H2,1-14H3;16-18,46-48H,19-21H2,1-15H3. The Morgan fingerprint density at radius 3 is 0.856 bits per heavy atom. The highest BCUT2D eigenvalue weighted by Gasteiger charge is 2.49. The molecule has 572 valence electrons. The van der Waals surface area contributed by atoms with Gasteiger partial charge in [0.15, 0.2) is 12.6 Å². The largest absolute Gasteiger partial charge is 0.507 e. The van der Waals surface area contributed by atoms with Gasteiger partial charge in [0.1, 0.15) is 42.0 Å². The molecule has 19 heteroatoms. The van der Waals surface area contributed by atoms with Crippen molar-refractivity contribution >= 4 is 11.9 Å². The van der Waals surface area contributed by atoms with Crippen LogP contribution in [0.15, 0.2) is 56.8 Å². The highest BCUT2D eigenvalue weighted by molar-refractivity contribution is 5.79. The average Bonchev–Trinajstić information content (AvgIpc) is 0.743. The second-order valence-corrected chi connectivity index (χ2v) is 36.4. The molecule has 2 aliphatic rings. The van der Waals surface area contributed by atoms with Crippen molar-refractivity contribution in [2.24, 2.45) is 16.2 Å². The molecule has 2 unspecified atom stereocenters. The van der Waals surface area contributed by atoms with Crippen LogP contribution in [-0.4, -0.2) is 103 Å². The molecule has 2 aliphatic heterocycles. The van der Waals surface area contributed by atoms with Crippen molar-refractivity contribution in [3.8, 4) is 28.7 Å². The van der Waals surface area contributed by atoms with Crippen LogP contribution in [0.3, 0.4) is 0 Å². The van der Waals surface area contributed by atoms with Crippen LogP contribution in [-0.2, 0) is 84.7 Å². The van der Waals surface area contributed by atoms with Crippen LogP contribution >= 0.6 is 0 Å². The second kappa shape index (κ2) is 30.3. The molecule has 1 aromatic heterocycles. The van der Waals surface area contributed by atoms with Crippen LogP contribution in [0.1, 0.15) is 257 Å². The summed E-state index contributed by atoms with van der Waals surface area (Å²) in [5, 5.41) is 55.0. The van der Waals surface area contributed by atoms with Gasteiger partial charge in [0.25, 0.3) is 0 Å². The van der Waals surface area contributed by atoms with Gasteiger partial charge < -0.3 is 54.0 Å². The van der Waals surface area contributed by atoms with E-state index in [-0.39, 0.29) is 101 Å². The lowest BCUT2D eigenvalue weighted by Gasteiger charge is -2.48.